The Morgan fingerprint density at radius 2 is 2.40 bits per heavy atom. The van der Waals surface area contributed by atoms with Gasteiger partial charge < -0.3 is 9.97 Å². The minimum absolute atomic E-state index is 0.808. The van der Waals surface area contributed by atoms with Crippen molar-refractivity contribution in [3.63, 3.8) is 0 Å². The minimum atomic E-state index is 0.808. The van der Waals surface area contributed by atoms with E-state index >= 15 is 0 Å². The second-order valence-electron chi connectivity index (χ2n) is 2.14. The molecule has 0 saturated heterocycles. The maximum atomic E-state index is 4.16. The van der Waals surface area contributed by atoms with Crippen LogP contribution >= 0.6 is 0 Å². The van der Waals surface area contributed by atoms with Crippen molar-refractivity contribution in [1.29, 1.82) is 0 Å². The summed E-state index contributed by atoms with van der Waals surface area (Å²) in [4.78, 5) is 12.2. The molecular formula is C7H6N3-. The molecule has 0 atom stereocenters. The van der Waals surface area contributed by atoms with Gasteiger partial charge in [-0.3, -0.25) is 4.98 Å². The third-order valence-electron chi connectivity index (χ3n) is 1.34. The first-order valence-corrected chi connectivity index (χ1v) is 3.07. The predicted molar refractivity (Wildman–Crippen MR) is 37.6 cm³/mol. The van der Waals surface area contributed by atoms with Crippen molar-refractivity contribution in [2.24, 2.45) is 0 Å². The molecule has 0 aliphatic carbocycles. The molecule has 50 valence electrons. The number of rotatable bonds is 0. The van der Waals surface area contributed by atoms with Crippen LogP contribution in [0.1, 0.15) is 5.82 Å². The number of fused-ring (bicyclic) bond motifs is 1. The van der Waals surface area contributed by atoms with E-state index < -0.39 is 0 Å². The van der Waals surface area contributed by atoms with Crippen LogP contribution in [-0.2, 0) is 0 Å². The largest absolute Gasteiger partial charge is 0.440 e. The lowest BCUT2D eigenvalue weighted by molar-refractivity contribution is 1.15. The average Bonchev–Trinajstić information content (AvgIpc) is 2.27. The molecule has 2 aromatic rings. The summed E-state index contributed by atoms with van der Waals surface area (Å²) >= 11 is 0. The fourth-order valence-electron chi connectivity index (χ4n) is 0.933. The summed E-state index contributed by atoms with van der Waals surface area (Å²) in [6, 6.07) is 1.86. The molecule has 0 radical (unpaired) electrons. The molecule has 0 aromatic carbocycles. The summed E-state index contributed by atoms with van der Waals surface area (Å²) in [5.74, 6) is 0.808. The van der Waals surface area contributed by atoms with E-state index in [0.29, 0.717) is 0 Å². The van der Waals surface area contributed by atoms with Gasteiger partial charge in [-0.2, -0.15) is 0 Å². The lowest BCUT2D eigenvalue weighted by Gasteiger charge is -1.88. The Morgan fingerprint density at radius 1 is 1.50 bits per heavy atom. The van der Waals surface area contributed by atoms with Gasteiger partial charge >= 0.3 is 0 Å². The first-order chi connectivity index (χ1) is 4.86. The molecule has 2 aromatic heterocycles. The van der Waals surface area contributed by atoms with Gasteiger partial charge in [0.15, 0.2) is 0 Å². The van der Waals surface area contributed by atoms with Crippen LogP contribution in [-0.4, -0.2) is 9.97 Å². The third kappa shape index (κ3) is 0.673. The first-order valence-electron chi connectivity index (χ1n) is 3.07. The molecule has 0 N–H and O–H groups in total. The summed E-state index contributed by atoms with van der Waals surface area (Å²) in [7, 11) is 0. The quantitative estimate of drug-likeness (QED) is 0.534. The topological polar surface area (TPSA) is 39.9 Å². The number of hydrogen-bond acceptors (Lipinski definition) is 2. The maximum absolute atomic E-state index is 4.16. The normalized spacial score (nSPS) is 10.5. The molecule has 0 aliphatic heterocycles. The molecule has 0 unspecified atom stereocenters. The number of nitrogens with zero attached hydrogens (tertiary/aromatic N) is 3. The number of imidazole rings is 1. The molecule has 2 rings (SSSR count). The van der Waals surface area contributed by atoms with E-state index in [1.54, 1.807) is 12.4 Å². The highest BCUT2D eigenvalue weighted by Gasteiger charge is 1.84. The van der Waals surface area contributed by atoms with Crippen LogP contribution in [0, 0.1) is 6.92 Å². The Morgan fingerprint density at radius 3 is 3.20 bits per heavy atom. The molecule has 0 bridgehead atoms. The van der Waals surface area contributed by atoms with Crippen molar-refractivity contribution in [2.45, 2.75) is 6.92 Å². The molecule has 0 spiro atoms. The molecule has 0 aliphatic rings. The van der Waals surface area contributed by atoms with Crippen LogP contribution in [0.3, 0.4) is 0 Å². The summed E-state index contributed by atoms with van der Waals surface area (Å²) in [5, 5.41) is 0. The van der Waals surface area contributed by atoms with Gasteiger partial charge in [0.25, 0.3) is 0 Å². The van der Waals surface area contributed by atoms with Crippen molar-refractivity contribution in [3.8, 4) is 0 Å². The molecule has 10 heavy (non-hydrogen) atoms. The third-order valence-corrected chi connectivity index (χ3v) is 1.34. The fourth-order valence-corrected chi connectivity index (χ4v) is 0.933. The summed E-state index contributed by atoms with van der Waals surface area (Å²) < 4.78 is 0. The van der Waals surface area contributed by atoms with Crippen molar-refractivity contribution < 1.29 is 0 Å². The van der Waals surface area contributed by atoms with Crippen molar-refractivity contribution in [1.82, 2.24) is 15.0 Å². The van der Waals surface area contributed by atoms with Gasteiger partial charge in [0.1, 0.15) is 0 Å². The Hall–Kier alpha value is -1.38. The highest BCUT2D eigenvalue weighted by Crippen LogP contribution is 2.05. The van der Waals surface area contributed by atoms with E-state index in [-0.39, 0.29) is 0 Å². The zero-order valence-electron chi connectivity index (χ0n) is 5.57. The van der Waals surface area contributed by atoms with Gasteiger partial charge in [-0.1, -0.05) is 5.82 Å². The number of aromatic nitrogens is 3. The molecule has 2 heterocycles. The van der Waals surface area contributed by atoms with E-state index in [1.165, 1.54) is 0 Å². The predicted octanol–water partition coefficient (Wildman–Crippen LogP) is 0.895. The Labute approximate surface area is 58.1 Å². The second kappa shape index (κ2) is 1.80. The Kier molecular flexibility index (Phi) is 0.974. The average molecular weight is 132 g/mol. The number of pyridine rings is 1. The highest BCUT2D eigenvalue weighted by atomic mass is 14.9. The van der Waals surface area contributed by atoms with Crippen molar-refractivity contribution in [2.75, 3.05) is 0 Å². The molecule has 0 fully saturated rings. The zero-order valence-corrected chi connectivity index (χ0v) is 5.57. The lowest BCUT2D eigenvalue weighted by Crippen LogP contribution is -1.72. The fraction of sp³-hybridized carbons (Fsp3) is 0.143. The number of aryl methyl sites for hydroxylation is 1. The van der Waals surface area contributed by atoms with Gasteiger partial charge in [0, 0.05) is 12.4 Å². The van der Waals surface area contributed by atoms with Crippen molar-refractivity contribution >= 4 is 11.0 Å². The van der Waals surface area contributed by atoms with Crippen molar-refractivity contribution in [3.05, 3.63) is 24.3 Å². The summed E-state index contributed by atoms with van der Waals surface area (Å²) in [6.07, 6.45) is 3.44. The molecule has 3 heteroatoms. The van der Waals surface area contributed by atoms with E-state index in [9.17, 15) is 0 Å². The minimum Gasteiger partial charge on any atom is -0.440 e. The lowest BCUT2D eigenvalue weighted by atomic mass is 10.4. The van der Waals surface area contributed by atoms with Crippen LogP contribution in [0.25, 0.3) is 11.0 Å². The standard InChI is InChI=1S/C7H6N3/c1-5-9-6-2-3-8-4-7(6)10-5/h2-4H,1H3/q-1. The van der Waals surface area contributed by atoms with Crippen LogP contribution < -0.4 is 4.98 Å². The Balaban J connectivity index is 2.88. The van der Waals surface area contributed by atoms with Crippen LogP contribution in [0.2, 0.25) is 0 Å². The monoisotopic (exact) mass is 132 g/mol. The first kappa shape index (κ1) is 5.41. The smallest absolute Gasteiger partial charge is 0.0302 e. The summed E-state index contributed by atoms with van der Waals surface area (Å²) in [6.45, 7) is 1.88. The second-order valence-corrected chi connectivity index (χ2v) is 2.14. The van der Waals surface area contributed by atoms with E-state index in [0.717, 1.165) is 16.9 Å². The van der Waals surface area contributed by atoms with E-state index in [1.807, 2.05) is 13.0 Å². The van der Waals surface area contributed by atoms with Gasteiger partial charge in [0.05, 0.1) is 0 Å². The summed E-state index contributed by atoms with van der Waals surface area (Å²) in [5.41, 5.74) is 1.80. The highest BCUT2D eigenvalue weighted by molar-refractivity contribution is 5.73. The van der Waals surface area contributed by atoms with Crippen LogP contribution in [0.5, 0.6) is 0 Å². The zero-order chi connectivity index (χ0) is 6.97. The van der Waals surface area contributed by atoms with E-state index in [4.69, 9.17) is 0 Å². The molecule has 3 nitrogen and oxygen atoms in total. The molecular weight excluding hydrogens is 126 g/mol. The SMILES string of the molecule is Cc1nc2cnccc2[n-]1. The molecule has 0 saturated carbocycles. The van der Waals surface area contributed by atoms with Crippen LogP contribution in [0.4, 0.5) is 0 Å². The Bertz CT molecular complexity index is 317. The maximum Gasteiger partial charge on any atom is 0.0302 e. The molecule has 0 amide bonds. The van der Waals surface area contributed by atoms with Gasteiger partial charge in [-0.15, -0.1) is 0 Å². The van der Waals surface area contributed by atoms with E-state index in [2.05, 4.69) is 15.0 Å². The van der Waals surface area contributed by atoms with Gasteiger partial charge in [0.2, 0.25) is 0 Å². The van der Waals surface area contributed by atoms with Gasteiger partial charge in [-0.25, -0.2) is 0 Å². The van der Waals surface area contributed by atoms with Gasteiger partial charge in [-0.05, 0) is 24.0 Å². The van der Waals surface area contributed by atoms with Crippen LogP contribution in [0.15, 0.2) is 18.5 Å². The number of hydrogen-bond donors (Lipinski definition) is 0.